The molecule has 0 saturated carbocycles. The second-order valence-electron chi connectivity index (χ2n) is 3.88. The van der Waals surface area contributed by atoms with Crippen LogP contribution in [0.5, 0.6) is 5.75 Å². The molecule has 0 amide bonds. The molecule has 0 aliphatic rings. The minimum Gasteiger partial charge on any atom is -0.494 e. The van der Waals surface area contributed by atoms with Gasteiger partial charge in [-0.25, -0.2) is 4.98 Å². The van der Waals surface area contributed by atoms with Crippen molar-refractivity contribution in [1.82, 2.24) is 4.98 Å². The van der Waals surface area contributed by atoms with E-state index in [2.05, 4.69) is 16.8 Å². The van der Waals surface area contributed by atoms with Gasteiger partial charge in [-0.2, -0.15) is 0 Å². The first-order valence-electron chi connectivity index (χ1n) is 5.96. The van der Waals surface area contributed by atoms with Crippen LogP contribution in [0.3, 0.4) is 0 Å². The standard InChI is InChI=1S/C15H15N3O/c1-2-19-13-8-4-11(5-9-13)3-6-12-7-10-14(16)18-15(12)17/h4-5,7-10H,2H2,1H3,(H4,16,17,18). The summed E-state index contributed by atoms with van der Waals surface area (Å²) in [5.41, 5.74) is 12.8. The van der Waals surface area contributed by atoms with Crippen molar-refractivity contribution < 1.29 is 4.74 Å². The Hall–Kier alpha value is -2.67. The lowest BCUT2D eigenvalue weighted by Crippen LogP contribution is -1.98. The van der Waals surface area contributed by atoms with Gasteiger partial charge in [-0.05, 0) is 43.3 Å². The van der Waals surface area contributed by atoms with Gasteiger partial charge in [0.1, 0.15) is 17.4 Å². The number of hydrogen-bond donors (Lipinski definition) is 2. The van der Waals surface area contributed by atoms with E-state index in [0.29, 0.717) is 23.8 Å². The molecule has 4 nitrogen and oxygen atoms in total. The highest BCUT2D eigenvalue weighted by atomic mass is 16.5. The summed E-state index contributed by atoms with van der Waals surface area (Å²) in [7, 11) is 0. The summed E-state index contributed by atoms with van der Waals surface area (Å²) in [6.45, 7) is 2.60. The summed E-state index contributed by atoms with van der Waals surface area (Å²) in [6.07, 6.45) is 0. The Morgan fingerprint density at radius 2 is 1.79 bits per heavy atom. The Balaban J connectivity index is 2.19. The maximum absolute atomic E-state index is 5.74. The Kier molecular flexibility index (Phi) is 3.89. The molecular weight excluding hydrogens is 238 g/mol. The van der Waals surface area contributed by atoms with Crippen LogP contribution in [-0.4, -0.2) is 11.6 Å². The molecule has 19 heavy (non-hydrogen) atoms. The lowest BCUT2D eigenvalue weighted by Gasteiger charge is -2.01. The minimum absolute atomic E-state index is 0.346. The SMILES string of the molecule is CCOc1ccc(C#Cc2ccc(N)nc2N)cc1. The number of nitrogens with zero attached hydrogens (tertiary/aromatic N) is 1. The molecule has 0 aliphatic carbocycles. The Labute approximate surface area is 112 Å². The molecule has 0 atom stereocenters. The number of rotatable bonds is 2. The van der Waals surface area contributed by atoms with Crippen molar-refractivity contribution in [3.8, 4) is 17.6 Å². The second-order valence-corrected chi connectivity index (χ2v) is 3.88. The molecular formula is C15H15N3O. The van der Waals surface area contributed by atoms with Crippen LogP contribution < -0.4 is 16.2 Å². The van der Waals surface area contributed by atoms with E-state index in [1.165, 1.54) is 0 Å². The van der Waals surface area contributed by atoms with E-state index in [9.17, 15) is 0 Å². The molecule has 4 N–H and O–H groups in total. The van der Waals surface area contributed by atoms with Crippen molar-refractivity contribution in [2.75, 3.05) is 18.1 Å². The fourth-order valence-corrected chi connectivity index (χ4v) is 1.54. The predicted molar refractivity (Wildman–Crippen MR) is 76.7 cm³/mol. The average Bonchev–Trinajstić information content (AvgIpc) is 2.40. The van der Waals surface area contributed by atoms with Crippen molar-refractivity contribution in [3.05, 3.63) is 47.5 Å². The molecule has 96 valence electrons. The number of pyridine rings is 1. The van der Waals surface area contributed by atoms with Crippen LogP contribution in [0.2, 0.25) is 0 Å². The number of anilines is 2. The third kappa shape index (κ3) is 3.39. The van der Waals surface area contributed by atoms with E-state index in [4.69, 9.17) is 16.2 Å². The largest absolute Gasteiger partial charge is 0.494 e. The summed E-state index contributed by atoms with van der Waals surface area (Å²) >= 11 is 0. The normalized spacial score (nSPS) is 9.53. The fraction of sp³-hybridized carbons (Fsp3) is 0.133. The van der Waals surface area contributed by atoms with Crippen LogP contribution >= 0.6 is 0 Å². The van der Waals surface area contributed by atoms with Crippen molar-refractivity contribution >= 4 is 11.6 Å². The topological polar surface area (TPSA) is 74.2 Å². The van der Waals surface area contributed by atoms with Gasteiger partial charge in [0, 0.05) is 5.56 Å². The van der Waals surface area contributed by atoms with Gasteiger partial charge in [-0.15, -0.1) is 0 Å². The van der Waals surface area contributed by atoms with Crippen LogP contribution in [-0.2, 0) is 0 Å². The number of ether oxygens (including phenoxy) is 1. The third-order valence-corrected chi connectivity index (χ3v) is 2.45. The molecule has 0 aliphatic heterocycles. The lowest BCUT2D eigenvalue weighted by atomic mass is 10.2. The molecule has 4 heteroatoms. The highest BCUT2D eigenvalue weighted by Crippen LogP contribution is 2.12. The van der Waals surface area contributed by atoms with E-state index < -0.39 is 0 Å². The van der Waals surface area contributed by atoms with Gasteiger partial charge >= 0.3 is 0 Å². The van der Waals surface area contributed by atoms with E-state index in [0.717, 1.165) is 11.3 Å². The van der Waals surface area contributed by atoms with Crippen molar-refractivity contribution in [2.24, 2.45) is 0 Å². The zero-order valence-corrected chi connectivity index (χ0v) is 10.7. The number of aromatic nitrogens is 1. The highest BCUT2D eigenvalue weighted by molar-refractivity contribution is 5.56. The first kappa shape index (κ1) is 12.8. The van der Waals surface area contributed by atoms with Crippen LogP contribution in [0.25, 0.3) is 0 Å². The summed E-state index contributed by atoms with van der Waals surface area (Å²) < 4.78 is 5.36. The second kappa shape index (κ2) is 5.78. The van der Waals surface area contributed by atoms with Gasteiger partial charge in [-0.1, -0.05) is 11.8 Å². The Bertz CT molecular complexity index is 624. The molecule has 0 saturated heterocycles. The van der Waals surface area contributed by atoms with Crippen molar-refractivity contribution in [3.63, 3.8) is 0 Å². The first-order valence-corrected chi connectivity index (χ1v) is 5.96. The first-order chi connectivity index (χ1) is 9.19. The summed E-state index contributed by atoms with van der Waals surface area (Å²) in [6, 6.07) is 11.0. The number of nitrogens with two attached hydrogens (primary N) is 2. The zero-order valence-electron chi connectivity index (χ0n) is 10.7. The quantitative estimate of drug-likeness (QED) is 0.803. The molecule has 2 aromatic rings. The highest BCUT2D eigenvalue weighted by Gasteiger charge is 1.97. The van der Waals surface area contributed by atoms with Gasteiger partial charge in [0.2, 0.25) is 0 Å². The van der Waals surface area contributed by atoms with Gasteiger partial charge in [-0.3, -0.25) is 0 Å². The molecule has 1 aromatic carbocycles. The molecule has 0 radical (unpaired) electrons. The van der Waals surface area contributed by atoms with Crippen LogP contribution in [0.4, 0.5) is 11.6 Å². The molecule has 0 fully saturated rings. The monoisotopic (exact) mass is 253 g/mol. The summed E-state index contributed by atoms with van der Waals surface area (Å²) in [5, 5.41) is 0. The molecule has 0 spiro atoms. The summed E-state index contributed by atoms with van der Waals surface area (Å²) in [5.74, 6) is 7.57. The van der Waals surface area contributed by atoms with Crippen LogP contribution in [0, 0.1) is 11.8 Å². The molecule has 1 heterocycles. The average molecular weight is 253 g/mol. The van der Waals surface area contributed by atoms with Gasteiger partial charge < -0.3 is 16.2 Å². The van der Waals surface area contributed by atoms with Crippen molar-refractivity contribution in [2.45, 2.75) is 6.92 Å². The minimum atomic E-state index is 0.346. The molecule has 0 unspecified atom stereocenters. The molecule has 2 rings (SSSR count). The van der Waals surface area contributed by atoms with Gasteiger partial charge in [0.05, 0.1) is 12.2 Å². The molecule has 0 bridgehead atoms. The predicted octanol–water partition coefficient (Wildman–Crippen LogP) is 2.04. The lowest BCUT2D eigenvalue weighted by molar-refractivity contribution is 0.340. The van der Waals surface area contributed by atoms with E-state index >= 15 is 0 Å². The van der Waals surface area contributed by atoms with Crippen LogP contribution in [0.15, 0.2) is 36.4 Å². The zero-order chi connectivity index (χ0) is 13.7. The smallest absolute Gasteiger partial charge is 0.141 e. The van der Waals surface area contributed by atoms with E-state index in [1.54, 1.807) is 12.1 Å². The number of hydrogen-bond acceptors (Lipinski definition) is 4. The van der Waals surface area contributed by atoms with Crippen LogP contribution in [0.1, 0.15) is 18.1 Å². The maximum Gasteiger partial charge on any atom is 0.141 e. The third-order valence-electron chi connectivity index (χ3n) is 2.45. The summed E-state index contributed by atoms with van der Waals surface area (Å²) in [4.78, 5) is 3.96. The maximum atomic E-state index is 5.74. The van der Waals surface area contributed by atoms with Crippen molar-refractivity contribution in [1.29, 1.82) is 0 Å². The van der Waals surface area contributed by atoms with Gasteiger partial charge in [0.25, 0.3) is 0 Å². The fourth-order valence-electron chi connectivity index (χ4n) is 1.54. The number of benzene rings is 1. The Morgan fingerprint density at radius 3 is 2.42 bits per heavy atom. The number of nitrogen functional groups attached to an aromatic ring is 2. The molecule has 1 aromatic heterocycles. The van der Waals surface area contributed by atoms with E-state index in [1.807, 2.05) is 31.2 Å². The Morgan fingerprint density at radius 1 is 1.05 bits per heavy atom. The van der Waals surface area contributed by atoms with Gasteiger partial charge in [0.15, 0.2) is 0 Å². The van der Waals surface area contributed by atoms with E-state index in [-0.39, 0.29) is 0 Å².